The Labute approximate surface area is 137 Å². The van der Waals surface area contributed by atoms with Crippen LogP contribution in [0.15, 0.2) is 56.9 Å². The quantitative estimate of drug-likeness (QED) is 0.787. The summed E-state index contributed by atoms with van der Waals surface area (Å²) in [5.74, 6) is 0.310. The normalized spacial score (nSPS) is 14.3. The van der Waals surface area contributed by atoms with Crippen LogP contribution in [-0.2, 0) is 9.84 Å². The van der Waals surface area contributed by atoms with Crippen LogP contribution in [0.2, 0.25) is 0 Å². The van der Waals surface area contributed by atoms with Gasteiger partial charge in [0.25, 0.3) is 0 Å². The SMILES string of the molecule is CS(=O)(=O)c1cccc(-c2c[nH]c3nccnc23)c1C1=NCN=N1. The fraction of sp³-hybridized carbons (Fsp3) is 0.133. The van der Waals surface area contributed by atoms with Crippen molar-refractivity contribution in [2.75, 3.05) is 12.9 Å². The van der Waals surface area contributed by atoms with Crippen molar-refractivity contribution in [2.45, 2.75) is 4.90 Å². The van der Waals surface area contributed by atoms with Crippen LogP contribution < -0.4 is 0 Å². The van der Waals surface area contributed by atoms with Crippen LogP contribution in [0.3, 0.4) is 0 Å². The van der Waals surface area contributed by atoms with Crippen molar-refractivity contribution in [1.29, 1.82) is 0 Å². The summed E-state index contributed by atoms with van der Waals surface area (Å²) in [6.07, 6.45) is 6.10. The van der Waals surface area contributed by atoms with E-state index >= 15 is 0 Å². The predicted molar refractivity (Wildman–Crippen MR) is 88.7 cm³/mol. The monoisotopic (exact) mass is 340 g/mol. The van der Waals surface area contributed by atoms with Gasteiger partial charge < -0.3 is 4.98 Å². The number of nitrogens with zero attached hydrogens (tertiary/aromatic N) is 5. The van der Waals surface area contributed by atoms with Crippen LogP contribution in [0.4, 0.5) is 0 Å². The Kier molecular flexibility index (Phi) is 3.24. The molecule has 4 rings (SSSR count). The number of H-pyrrole nitrogens is 1. The lowest BCUT2D eigenvalue weighted by Crippen LogP contribution is -2.08. The molecule has 8 nitrogen and oxygen atoms in total. The average Bonchev–Trinajstić information content (AvgIpc) is 3.23. The molecule has 1 N–H and O–H groups in total. The van der Waals surface area contributed by atoms with Crippen molar-refractivity contribution in [1.82, 2.24) is 15.0 Å². The summed E-state index contributed by atoms with van der Waals surface area (Å²) in [5.41, 5.74) is 3.12. The lowest BCUT2D eigenvalue weighted by molar-refractivity contribution is 0.601. The van der Waals surface area contributed by atoms with Crippen LogP contribution in [0, 0.1) is 0 Å². The summed E-state index contributed by atoms with van der Waals surface area (Å²) >= 11 is 0. The molecule has 9 heteroatoms. The molecular formula is C15H12N6O2S. The first kappa shape index (κ1) is 14.6. The van der Waals surface area contributed by atoms with Crippen molar-refractivity contribution in [3.05, 3.63) is 42.4 Å². The molecule has 0 spiro atoms. The van der Waals surface area contributed by atoms with Crippen LogP contribution in [-0.4, -0.2) is 42.1 Å². The maximum atomic E-state index is 12.2. The molecule has 0 amide bonds. The predicted octanol–water partition coefficient (Wildman–Crippen LogP) is 2.20. The van der Waals surface area contributed by atoms with Crippen molar-refractivity contribution in [3.63, 3.8) is 0 Å². The van der Waals surface area contributed by atoms with Gasteiger partial charge in [0.05, 0.1) is 4.90 Å². The first-order valence-corrected chi connectivity index (χ1v) is 8.99. The van der Waals surface area contributed by atoms with Gasteiger partial charge in [-0.2, -0.15) is 5.11 Å². The minimum absolute atomic E-state index is 0.165. The van der Waals surface area contributed by atoms with Gasteiger partial charge in [-0.25, -0.2) is 18.4 Å². The first-order chi connectivity index (χ1) is 11.6. The molecule has 0 radical (unpaired) electrons. The van der Waals surface area contributed by atoms with Gasteiger partial charge in [-0.15, -0.1) is 5.11 Å². The maximum absolute atomic E-state index is 12.2. The van der Waals surface area contributed by atoms with E-state index < -0.39 is 9.84 Å². The Morgan fingerprint density at radius 3 is 2.71 bits per heavy atom. The summed E-state index contributed by atoms with van der Waals surface area (Å²) in [6, 6.07) is 5.06. The molecule has 0 fully saturated rings. The molecule has 3 aromatic rings. The fourth-order valence-corrected chi connectivity index (χ4v) is 3.61. The molecule has 0 bridgehead atoms. The molecule has 0 atom stereocenters. The zero-order valence-corrected chi connectivity index (χ0v) is 13.4. The van der Waals surface area contributed by atoms with E-state index in [1.165, 1.54) is 0 Å². The van der Waals surface area contributed by atoms with Crippen molar-refractivity contribution < 1.29 is 8.42 Å². The van der Waals surface area contributed by atoms with Crippen LogP contribution in [0.5, 0.6) is 0 Å². The van der Waals surface area contributed by atoms with E-state index in [9.17, 15) is 8.42 Å². The van der Waals surface area contributed by atoms with Gasteiger partial charge in [0.1, 0.15) is 5.52 Å². The Morgan fingerprint density at radius 1 is 1.12 bits per heavy atom. The Morgan fingerprint density at radius 2 is 1.96 bits per heavy atom. The van der Waals surface area contributed by atoms with Crippen LogP contribution in [0.25, 0.3) is 22.3 Å². The van der Waals surface area contributed by atoms with Gasteiger partial charge in [0.15, 0.2) is 28.0 Å². The second kappa shape index (κ2) is 5.31. The first-order valence-electron chi connectivity index (χ1n) is 7.09. The highest BCUT2D eigenvalue weighted by atomic mass is 32.2. The largest absolute Gasteiger partial charge is 0.344 e. The van der Waals surface area contributed by atoms with Gasteiger partial charge in [-0.3, -0.25) is 4.98 Å². The summed E-state index contributed by atoms with van der Waals surface area (Å²) in [6.45, 7) is 0.195. The molecule has 0 aliphatic carbocycles. The summed E-state index contributed by atoms with van der Waals surface area (Å²) < 4.78 is 24.5. The number of rotatable bonds is 3. The number of azo groups is 1. The van der Waals surface area contributed by atoms with Crippen molar-refractivity contribution in [3.8, 4) is 11.1 Å². The third-order valence-electron chi connectivity index (χ3n) is 3.70. The summed E-state index contributed by atoms with van der Waals surface area (Å²) in [7, 11) is -3.47. The molecule has 0 unspecified atom stereocenters. The van der Waals surface area contributed by atoms with E-state index in [-0.39, 0.29) is 11.6 Å². The number of sulfone groups is 1. The van der Waals surface area contributed by atoms with Crippen molar-refractivity contribution in [2.24, 2.45) is 15.2 Å². The minimum Gasteiger partial charge on any atom is -0.344 e. The number of aromatic nitrogens is 3. The summed E-state index contributed by atoms with van der Waals surface area (Å²) in [4.78, 5) is 16.0. The minimum atomic E-state index is -3.47. The van der Waals surface area contributed by atoms with E-state index in [0.717, 1.165) is 11.8 Å². The average molecular weight is 340 g/mol. The number of hydrogen-bond donors (Lipinski definition) is 1. The molecule has 0 saturated heterocycles. The standard InChI is InChI=1S/C15H12N6O2S/c1-24(22,23)11-4-2-3-9(12(11)14-19-8-20-21-14)10-7-18-15-13(10)16-5-6-17-15/h2-7H,8H2,1H3,(H,17,18). The van der Waals surface area contributed by atoms with Crippen LogP contribution in [0.1, 0.15) is 5.56 Å². The Balaban J connectivity index is 2.08. The van der Waals surface area contributed by atoms with Gasteiger partial charge in [0.2, 0.25) is 0 Å². The second-order valence-corrected chi connectivity index (χ2v) is 7.26. The summed E-state index contributed by atoms with van der Waals surface area (Å²) in [5, 5.41) is 7.83. The topological polar surface area (TPSA) is 113 Å². The van der Waals surface area contributed by atoms with E-state index in [4.69, 9.17) is 0 Å². The molecular weight excluding hydrogens is 328 g/mol. The third kappa shape index (κ3) is 2.29. The maximum Gasteiger partial charge on any atom is 0.180 e. The zero-order valence-electron chi connectivity index (χ0n) is 12.6. The van der Waals surface area contributed by atoms with Crippen LogP contribution >= 0.6 is 0 Å². The molecule has 120 valence electrons. The molecule has 1 aliphatic heterocycles. The number of amidine groups is 1. The van der Waals surface area contributed by atoms with E-state index in [0.29, 0.717) is 28.1 Å². The van der Waals surface area contributed by atoms with E-state index in [1.807, 2.05) is 6.07 Å². The number of hydrogen-bond acceptors (Lipinski definition) is 7. The highest BCUT2D eigenvalue weighted by Crippen LogP contribution is 2.33. The second-order valence-electron chi connectivity index (χ2n) is 5.27. The molecule has 0 saturated carbocycles. The third-order valence-corrected chi connectivity index (χ3v) is 4.83. The molecule has 1 aliphatic rings. The lowest BCUT2D eigenvalue weighted by Gasteiger charge is -2.11. The number of benzene rings is 1. The van der Waals surface area contributed by atoms with Gasteiger partial charge in [0, 0.05) is 36.0 Å². The van der Waals surface area contributed by atoms with Gasteiger partial charge in [-0.1, -0.05) is 12.1 Å². The van der Waals surface area contributed by atoms with Crippen molar-refractivity contribution >= 4 is 26.8 Å². The number of aromatic amines is 1. The highest BCUT2D eigenvalue weighted by Gasteiger charge is 2.24. The number of aliphatic imine (C=N–C) groups is 1. The van der Waals surface area contributed by atoms with Gasteiger partial charge in [-0.05, 0) is 11.6 Å². The Bertz CT molecular complexity index is 1110. The molecule has 2 aromatic heterocycles. The Hall–Kier alpha value is -2.94. The van der Waals surface area contributed by atoms with E-state index in [2.05, 4.69) is 30.2 Å². The molecule has 24 heavy (non-hydrogen) atoms. The fourth-order valence-electron chi connectivity index (χ4n) is 2.71. The number of nitrogens with one attached hydrogen (secondary N) is 1. The number of fused-ring (bicyclic) bond motifs is 1. The molecule has 3 heterocycles. The smallest absolute Gasteiger partial charge is 0.180 e. The van der Waals surface area contributed by atoms with Gasteiger partial charge >= 0.3 is 0 Å². The molecule has 1 aromatic carbocycles. The lowest BCUT2D eigenvalue weighted by atomic mass is 10.0. The van der Waals surface area contributed by atoms with E-state index in [1.54, 1.807) is 30.7 Å². The highest BCUT2D eigenvalue weighted by molar-refractivity contribution is 7.90. The zero-order chi connectivity index (χ0) is 16.7.